The molecule has 2 aromatic rings. The predicted molar refractivity (Wildman–Crippen MR) is 130 cm³/mol. The first-order valence-electron chi connectivity index (χ1n) is 12.1. The lowest BCUT2D eigenvalue weighted by atomic mass is 10.1. The molecule has 11 heteroatoms. The molecule has 0 atom stereocenters. The third-order valence-electron chi connectivity index (χ3n) is 6.35. The highest BCUT2D eigenvalue weighted by Crippen LogP contribution is 2.34. The highest BCUT2D eigenvalue weighted by Gasteiger charge is 2.35. The molecule has 0 unspecified atom stereocenters. The van der Waals surface area contributed by atoms with Gasteiger partial charge in [-0.25, -0.2) is 4.98 Å². The summed E-state index contributed by atoms with van der Waals surface area (Å²) in [5.41, 5.74) is 1.88. The van der Waals surface area contributed by atoms with Gasteiger partial charge in [-0.15, -0.1) is 0 Å². The second-order valence-corrected chi connectivity index (χ2v) is 8.93. The van der Waals surface area contributed by atoms with E-state index in [1.54, 1.807) is 4.90 Å². The highest BCUT2D eigenvalue weighted by molar-refractivity contribution is 5.76. The van der Waals surface area contributed by atoms with Gasteiger partial charge < -0.3 is 25.8 Å². The van der Waals surface area contributed by atoms with Gasteiger partial charge in [0.05, 0.1) is 0 Å². The number of piperidine rings is 1. The van der Waals surface area contributed by atoms with Crippen molar-refractivity contribution < 1.29 is 18.0 Å². The number of aryl methyl sites for hydroxylation is 1. The maximum absolute atomic E-state index is 13.5. The van der Waals surface area contributed by atoms with Crippen LogP contribution in [0.5, 0.6) is 0 Å². The Bertz CT molecular complexity index is 1020. The summed E-state index contributed by atoms with van der Waals surface area (Å²) in [5, 5.41) is 9.19. The van der Waals surface area contributed by atoms with Gasteiger partial charge in [-0.05, 0) is 49.9 Å². The first-order valence-corrected chi connectivity index (χ1v) is 12.1. The molecule has 2 saturated heterocycles. The fourth-order valence-electron chi connectivity index (χ4n) is 4.39. The number of amides is 1. The molecule has 0 saturated carbocycles. The number of piperazine rings is 1. The van der Waals surface area contributed by atoms with Crippen LogP contribution in [-0.4, -0.2) is 66.6 Å². The zero-order valence-corrected chi connectivity index (χ0v) is 19.9. The average molecular weight is 492 g/mol. The highest BCUT2D eigenvalue weighted by atomic mass is 19.4. The number of rotatable bonds is 8. The Balaban J connectivity index is 1.42. The number of likely N-dealkylation sites (tertiary alicyclic amines) is 1. The van der Waals surface area contributed by atoms with E-state index in [0.29, 0.717) is 25.9 Å². The van der Waals surface area contributed by atoms with E-state index >= 15 is 0 Å². The number of hydrogen-bond donors (Lipinski definition) is 3. The smallest absolute Gasteiger partial charge is 0.369 e. The SMILES string of the molecule is Cc1cc(N2CCNCC2)ccc1Nc1ncc(C(F)(F)F)c(NCCCN2CCCCC2=O)n1. The largest absolute Gasteiger partial charge is 0.421 e. The molecule has 0 bridgehead atoms. The van der Waals surface area contributed by atoms with E-state index in [1.807, 2.05) is 19.1 Å². The number of halogens is 3. The summed E-state index contributed by atoms with van der Waals surface area (Å²) in [6.45, 7) is 7.15. The average Bonchev–Trinajstić information content (AvgIpc) is 2.84. The van der Waals surface area contributed by atoms with Crippen molar-refractivity contribution in [3.8, 4) is 0 Å². The minimum atomic E-state index is -4.58. The van der Waals surface area contributed by atoms with Crippen molar-refractivity contribution in [1.82, 2.24) is 20.2 Å². The van der Waals surface area contributed by atoms with Crippen LogP contribution in [-0.2, 0) is 11.0 Å². The van der Waals surface area contributed by atoms with Crippen molar-refractivity contribution in [3.63, 3.8) is 0 Å². The van der Waals surface area contributed by atoms with E-state index in [9.17, 15) is 18.0 Å². The molecule has 35 heavy (non-hydrogen) atoms. The number of carbonyl (C=O) groups excluding carboxylic acids is 1. The topological polar surface area (TPSA) is 85.4 Å². The minimum Gasteiger partial charge on any atom is -0.369 e. The number of anilines is 4. The van der Waals surface area contributed by atoms with Gasteiger partial charge in [0.2, 0.25) is 11.9 Å². The number of benzene rings is 1. The van der Waals surface area contributed by atoms with Crippen LogP contribution in [0.1, 0.15) is 36.8 Å². The van der Waals surface area contributed by atoms with Crippen LogP contribution >= 0.6 is 0 Å². The lowest BCUT2D eigenvalue weighted by molar-refractivity contribution is -0.137. The molecule has 1 aromatic heterocycles. The van der Waals surface area contributed by atoms with E-state index in [4.69, 9.17) is 0 Å². The summed E-state index contributed by atoms with van der Waals surface area (Å²) >= 11 is 0. The third-order valence-corrected chi connectivity index (χ3v) is 6.35. The number of alkyl halides is 3. The molecular weight excluding hydrogens is 459 g/mol. The molecule has 190 valence electrons. The minimum absolute atomic E-state index is 0.0877. The second kappa shape index (κ2) is 11.1. The zero-order valence-electron chi connectivity index (χ0n) is 19.9. The Hall–Kier alpha value is -3.08. The van der Waals surface area contributed by atoms with Crippen molar-refractivity contribution in [1.29, 1.82) is 0 Å². The van der Waals surface area contributed by atoms with Crippen molar-refractivity contribution in [2.45, 2.75) is 38.8 Å². The monoisotopic (exact) mass is 491 g/mol. The molecule has 0 aliphatic carbocycles. The summed E-state index contributed by atoms with van der Waals surface area (Å²) in [7, 11) is 0. The molecule has 0 radical (unpaired) electrons. The van der Waals surface area contributed by atoms with Gasteiger partial charge in [-0.3, -0.25) is 4.79 Å². The fraction of sp³-hybridized carbons (Fsp3) is 0.542. The van der Waals surface area contributed by atoms with Crippen LogP contribution in [0.3, 0.4) is 0 Å². The molecule has 4 rings (SSSR count). The summed E-state index contributed by atoms with van der Waals surface area (Å²) in [5.74, 6) is -0.0705. The lowest BCUT2D eigenvalue weighted by Crippen LogP contribution is -2.43. The van der Waals surface area contributed by atoms with E-state index in [1.165, 1.54) is 0 Å². The molecular formula is C24H32F3N7O. The number of hydrogen-bond acceptors (Lipinski definition) is 7. The van der Waals surface area contributed by atoms with Gasteiger partial charge in [0.15, 0.2) is 0 Å². The fourth-order valence-corrected chi connectivity index (χ4v) is 4.39. The molecule has 3 heterocycles. The first-order chi connectivity index (χ1) is 16.8. The third kappa shape index (κ3) is 6.53. The maximum atomic E-state index is 13.5. The van der Waals surface area contributed by atoms with Crippen molar-refractivity contribution >= 4 is 29.0 Å². The predicted octanol–water partition coefficient (Wildman–Crippen LogP) is 3.77. The Labute approximate surface area is 203 Å². The van der Waals surface area contributed by atoms with Crippen LogP contribution in [0.2, 0.25) is 0 Å². The quantitative estimate of drug-likeness (QED) is 0.485. The lowest BCUT2D eigenvalue weighted by Gasteiger charge is -2.30. The number of aromatic nitrogens is 2. The van der Waals surface area contributed by atoms with Gasteiger partial charge in [0.1, 0.15) is 11.4 Å². The normalized spacial score (nSPS) is 17.0. The molecule has 8 nitrogen and oxygen atoms in total. The van der Waals surface area contributed by atoms with E-state index < -0.39 is 11.7 Å². The van der Waals surface area contributed by atoms with Crippen LogP contribution in [0, 0.1) is 6.92 Å². The Morgan fingerprint density at radius 2 is 1.94 bits per heavy atom. The first kappa shape index (κ1) is 25.0. The van der Waals surface area contributed by atoms with Crippen molar-refractivity contribution in [3.05, 3.63) is 35.5 Å². The molecule has 2 aliphatic rings. The van der Waals surface area contributed by atoms with E-state index in [2.05, 4.69) is 36.9 Å². The summed E-state index contributed by atoms with van der Waals surface area (Å²) in [6.07, 6.45) is -0.837. The van der Waals surface area contributed by atoms with Gasteiger partial charge in [0.25, 0.3) is 0 Å². The van der Waals surface area contributed by atoms with Crippen LogP contribution < -0.4 is 20.9 Å². The molecule has 1 amide bonds. The number of nitrogens with zero attached hydrogens (tertiary/aromatic N) is 4. The van der Waals surface area contributed by atoms with Gasteiger partial charge in [-0.1, -0.05) is 0 Å². The standard InChI is InChI=1S/C24H32F3N7O/c1-17-15-18(33-13-9-28-10-14-33)6-7-20(17)31-23-30-16-19(24(25,26)27)22(32-23)29-8-4-12-34-11-3-2-5-21(34)35/h6-7,15-16,28H,2-5,8-14H2,1H3,(H2,29,30,31,32). The number of nitrogens with one attached hydrogen (secondary N) is 3. The van der Waals surface area contributed by atoms with Crippen molar-refractivity contribution in [2.75, 3.05) is 61.3 Å². The molecule has 0 spiro atoms. The van der Waals surface area contributed by atoms with Gasteiger partial charge >= 0.3 is 6.18 Å². The Morgan fingerprint density at radius 1 is 1.14 bits per heavy atom. The zero-order chi connectivity index (χ0) is 24.8. The second-order valence-electron chi connectivity index (χ2n) is 8.93. The molecule has 2 fully saturated rings. The van der Waals surface area contributed by atoms with Crippen LogP contribution in [0.25, 0.3) is 0 Å². The Kier molecular flexibility index (Phi) is 7.94. The summed E-state index contributed by atoms with van der Waals surface area (Å²) in [6, 6.07) is 5.95. The number of carbonyl (C=O) groups is 1. The van der Waals surface area contributed by atoms with Crippen LogP contribution in [0.4, 0.5) is 36.3 Å². The van der Waals surface area contributed by atoms with Crippen LogP contribution in [0.15, 0.2) is 24.4 Å². The van der Waals surface area contributed by atoms with E-state index in [0.717, 1.165) is 62.2 Å². The maximum Gasteiger partial charge on any atom is 0.421 e. The van der Waals surface area contributed by atoms with E-state index in [-0.39, 0.29) is 24.2 Å². The molecule has 1 aromatic carbocycles. The van der Waals surface area contributed by atoms with Crippen molar-refractivity contribution in [2.24, 2.45) is 0 Å². The molecule has 2 aliphatic heterocycles. The summed E-state index contributed by atoms with van der Waals surface area (Å²) < 4.78 is 40.6. The summed E-state index contributed by atoms with van der Waals surface area (Å²) in [4.78, 5) is 24.0. The van der Waals surface area contributed by atoms with Gasteiger partial charge in [-0.2, -0.15) is 18.2 Å². The Morgan fingerprint density at radius 3 is 2.66 bits per heavy atom. The molecule has 3 N–H and O–H groups in total. The van der Waals surface area contributed by atoms with Gasteiger partial charge in [0, 0.05) is 69.8 Å².